The van der Waals surface area contributed by atoms with Crippen molar-refractivity contribution in [1.82, 2.24) is 15.6 Å². The highest BCUT2D eigenvalue weighted by Crippen LogP contribution is 2.29. The molecule has 1 aliphatic carbocycles. The van der Waals surface area contributed by atoms with E-state index in [1.807, 2.05) is 6.92 Å². The average Bonchev–Trinajstić information content (AvgIpc) is 3.35. The van der Waals surface area contributed by atoms with Crippen LogP contribution in [0.2, 0.25) is 0 Å². The zero-order valence-corrected chi connectivity index (χ0v) is 27.9. The number of carbonyl (C=O) groups excluding carboxylic acids is 3. The van der Waals surface area contributed by atoms with E-state index < -0.39 is 34.9 Å². The molecule has 0 saturated heterocycles. The second-order valence-electron chi connectivity index (χ2n) is 12.3. The smallest absolute Gasteiger partial charge is 0.308 e. The fourth-order valence-electron chi connectivity index (χ4n) is 5.68. The van der Waals surface area contributed by atoms with Crippen LogP contribution in [0.3, 0.4) is 0 Å². The Hall–Kier alpha value is -3.38. The number of rotatable bonds is 16. The van der Waals surface area contributed by atoms with Gasteiger partial charge in [0.2, 0.25) is 0 Å². The number of amides is 1. The summed E-state index contributed by atoms with van der Waals surface area (Å²) in [5.74, 6) is -1.31. The van der Waals surface area contributed by atoms with Gasteiger partial charge in [-0.15, -0.1) is 11.3 Å². The topological polar surface area (TPSA) is 150 Å². The lowest BCUT2D eigenvalue weighted by atomic mass is 9.95. The van der Waals surface area contributed by atoms with Crippen molar-refractivity contribution in [2.75, 3.05) is 6.54 Å². The number of benzene rings is 1. The highest BCUT2D eigenvalue weighted by Gasteiger charge is 2.28. The lowest BCUT2D eigenvalue weighted by Crippen LogP contribution is -2.39. The van der Waals surface area contributed by atoms with Crippen molar-refractivity contribution in [3.63, 3.8) is 0 Å². The van der Waals surface area contributed by atoms with Crippen LogP contribution >= 0.6 is 11.3 Å². The Labute approximate surface area is 270 Å². The molecule has 0 radical (unpaired) electrons. The van der Waals surface area contributed by atoms with Crippen molar-refractivity contribution in [3.8, 4) is 0 Å². The minimum Gasteiger partial charge on any atom is -0.462 e. The van der Waals surface area contributed by atoms with Crippen molar-refractivity contribution in [1.29, 1.82) is 0 Å². The second-order valence-corrected chi connectivity index (χ2v) is 13.2. The van der Waals surface area contributed by atoms with Crippen molar-refractivity contribution in [3.05, 3.63) is 56.0 Å². The van der Waals surface area contributed by atoms with Crippen molar-refractivity contribution >= 4 is 34.9 Å². The van der Waals surface area contributed by atoms with Gasteiger partial charge in [-0.2, -0.15) is 0 Å². The van der Waals surface area contributed by atoms with Crippen LogP contribution in [0.25, 0.3) is 0 Å². The maximum absolute atomic E-state index is 13.5. The predicted molar refractivity (Wildman–Crippen MR) is 173 cm³/mol. The van der Waals surface area contributed by atoms with Gasteiger partial charge in [-0.1, -0.05) is 52.7 Å². The molecule has 1 aromatic carbocycles. The molecule has 1 aliphatic rings. The van der Waals surface area contributed by atoms with Gasteiger partial charge in [-0.05, 0) is 56.6 Å². The number of hydrogen-bond acceptors (Lipinski definition) is 10. The molecule has 248 valence electrons. The molecule has 0 aliphatic heterocycles. The van der Waals surface area contributed by atoms with Gasteiger partial charge in [0, 0.05) is 42.9 Å². The lowest BCUT2D eigenvalue weighted by molar-refractivity contribution is -0.384. The van der Waals surface area contributed by atoms with Crippen LogP contribution in [-0.4, -0.2) is 52.5 Å². The number of hydrogen-bond donors (Lipinski definition) is 2. The van der Waals surface area contributed by atoms with E-state index in [2.05, 4.69) is 29.5 Å². The fourth-order valence-corrected chi connectivity index (χ4v) is 6.52. The van der Waals surface area contributed by atoms with Crippen LogP contribution in [0.1, 0.15) is 113 Å². The van der Waals surface area contributed by atoms with Crippen molar-refractivity contribution < 1.29 is 28.8 Å². The van der Waals surface area contributed by atoms with E-state index in [1.165, 1.54) is 30.4 Å². The van der Waals surface area contributed by atoms with Crippen LogP contribution in [0, 0.1) is 22.0 Å². The minimum absolute atomic E-state index is 0.0224. The summed E-state index contributed by atoms with van der Waals surface area (Å²) < 4.78 is 11.5. The molecule has 45 heavy (non-hydrogen) atoms. The Morgan fingerprint density at radius 2 is 1.73 bits per heavy atom. The molecule has 4 atom stereocenters. The number of nitrogens with zero attached hydrogens (tertiary/aromatic N) is 2. The molecule has 1 saturated carbocycles. The third kappa shape index (κ3) is 11.8. The van der Waals surface area contributed by atoms with E-state index in [0.29, 0.717) is 30.2 Å². The Morgan fingerprint density at radius 1 is 1.07 bits per heavy atom. The predicted octanol–water partition coefficient (Wildman–Crippen LogP) is 6.31. The van der Waals surface area contributed by atoms with Gasteiger partial charge in [-0.3, -0.25) is 24.5 Å². The summed E-state index contributed by atoms with van der Waals surface area (Å²) in [6.07, 6.45) is 6.66. The summed E-state index contributed by atoms with van der Waals surface area (Å²) in [6, 6.07) is 5.79. The molecule has 2 N–H and O–H groups in total. The molecule has 12 heteroatoms. The molecule has 1 heterocycles. The number of esters is 2. The molecule has 11 nitrogen and oxygen atoms in total. The first-order valence-electron chi connectivity index (χ1n) is 16.1. The molecular weight excluding hydrogens is 596 g/mol. The highest BCUT2D eigenvalue weighted by molar-refractivity contribution is 7.09. The van der Waals surface area contributed by atoms with Crippen molar-refractivity contribution in [2.24, 2.45) is 11.8 Å². The zero-order chi connectivity index (χ0) is 32.9. The number of non-ortho nitro benzene ring substituents is 1. The minimum atomic E-state index is -0.602. The number of nitro benzene ring substituents is 1. The van der Waals surface area contributed by atoms with E-state index in [-0.39, 0.29) is 29.5 Å². The number of nitro groups is 1. The number of ether oxygens (including phenoxy) is 2. The molecule has 1 aromatic heterocycles. The van der Waals surface area contributed by atoms with Crippen LogP contribution in [0.4, 0.5) is 5.69 Å². The lowest BCUT2D eigenvalue weighted by Gasteiger charge is -2.25. The molecule has 2 aromatic rings. The van der Waals surface area contributed by atoms with Gasteiger partial charge in [0.05, 0.1) is 10.8 Å². The average molecular weight is 645 g/mol. The van der Waals surface area contributed by atoms with Gasteiger partial charge in [-0.25, -0.2) is 4.98 Å². The second kappa shape index (κ2) is 17.9. The van der Waals surface area contributed by atoms with E-state index in [4.69, 9.17) is 9.47 Å². The van der Waals surface area contributed by atoms with Crippen molar-refractivity contribution in [2.45, 2.75) is 117 Å². The summed E-state index contributed by atoms with van der Waals surface area (Å²) in [6.45, 7) is 10.1. The maximum atomic E-state index is 13.5. The quantitative estimate of drug-likeness (QED) is 0.0927. The Kier molecular flexibility index (Phi) is 14.4. The van der Waals surface area contributed by atoms with E-state index in [9.17, 15) is 24.5 Å². The molecule has 1 unspecified atom stereocenters. The zero-order valence-electron chi connectivity index (χ0n) is 27.1. The summed E-state index contributed by atoms with van der Waals surface area (Å²) in [5.41, 5.74) is 0.956. The van der Waals surface area contributed by atoms with E-state index in [1.54, 1.807) is 24.4 Å². The van der Waals surface area contributed by atoms with Gasteiger partial charge in [0.1, 0.15) is 16.8 Å². The molecule has 1 amide bonds. The Bertz CT molecular complexity index is 1260. The molecule has 0 spiro atoms. The van der Waals surface area contributed by atoms with Gasteiger partial charge < -0.3 is 20.1 Å². The summed E-state index contributed by atoms with van der Waals surface area (Å²) >= 11 is 1.26. The SMILES string of the molecule is CCN[C@H](C[C@@H](OC(C)=O)c1nc(C(=O)NC(Cc2ccc([N+](=O)[O-])cc2)C[C@H](C)C(=O)OC2CCCCCC2)cs1)C(C)C. The standard InChI is InChI=1S/C33H48N4O7S/c1-6-34-28(21(2)3)19-30(43-23(5)38)32-36-29(20-45-32)31(39)35-25(18-24-13-15-26(16-14-24)37(41)42)17-22(4)33(40)44-27-11-9-7-8-10-12-27/h13-16,20-22,25,27-28,30,34H,6-12,17-19H2,1-5H3,(H,35,39)/t22-,25?,28+,30+/m0/s1. The summed E-state index contributed by atoms with van der Waals surface area (Å²) in [5, 5.41) is 19.8. The Balaban J connectivity index is 1.76. The number of thiazole rings is 1. The number of nitrogens with one attached hydrogen (secondary N) is 2. The van der Waals surface area contributed by atoms with Crippen LogP contribution in [0.5, 0.6) is 0 Å². The largest absolute Gasteiger partial charge is 0.462 e. The van der Waals surface area contributed by atoms with Gasteiger partial charge >= 0.3 is 11.9 Å². The van der Waals surface area contributed by atoms with Gasteiger partial charge in [0.25, 0.3) is 11.6 Å². The summed E-state index contributed by atoms with van der Waals surface area (Å²) in [4.78, 5) is 53.7. The monoisotopic (exact) mass is 644 g/mol. The number of carbonyl (C=O) groups is 3. The molecule has 3 rings (SSSR count). The molecule has 1 fully saturated rings. The first-order chi connectivity index (χ1) is 21.5. The number of aromatic nitrogens is 1. The van der Waals surface area contributed by atoms with Crippen LogP contribution < -0.4 is 10.6 Å². The van der Waals surface area contributed by atoms with Crippen LogP contribution in [0.15, 0.2) is 29.6 Å². The summed E-state index contributed by atoms with van der Waals surface area (Å²) in [7, 11) is 0. The molecule has 0 bridgehead atoms. The highest BCUT2D eigenvalue weighted by atomic mass is 32.1. The Morgan fingerprint density at radius 3 is 2.31 bits per heavy atom. The van der Waals surface area contributed by atoms with E-state index >= 15 is 0 Å². The van der Waals surface area contributed by atoms with Crippen LogP contribution in [-0.2, 0) is 25.5 Å². The first kappa shape index (κ1) is 36.1. The fraction of sp³-hybridized carbons (Fsp3) is 0.636. The normalized spacial score (nSPS) is 16.7. The third-order valence-electron chi connectivity index (χ3n) is 8.17. The first-order valence-corrected chi connectivity index (χ1v) is 16.9. The molecular formula is C33H48N4O7S. The maximum Gasteiger partial charge on any atom is 0.308 e. The van der Waals surface area contributed by atoms with Gasteiger partial charge in [0.15, 0.2) is 6.10 Å². The third-order valence-corrected chi connectivity index (χ3v) is 9.10. The van der Waals surface area contributed by atoms with E-state index in [0.717, 1.165) is 50.6 Å².